The molecule has 1 heteroatoms. The summed E-state index contributed by atoms with van der Waals surface area (Å²) in [4.78, 5) is 0. The number of rotatable bonds is 0. The fourth-order valence-corrected chi connectivity index (χ4v) is 5.16. The van der Waals surface area contributed by atoms with Crippen LogP contribution >= 0.6 is 0 Å². The molecule has 0 amide bonds. The summed E-state index contributed by atoms with van der Waals surface area (Å²) in [5.41, 5.74) is 13.0. The van der Waals surface area contributed by atoms with Crippen molar-refractivity contribution < 1.29 is 4.57 Å². The second-order valence-electron chi connectivity index (χ2n) is 7.74. The highest BCUT2D eigenvalue weighted by Gasteiger charge is 2.47. The first kappa shape index (κ1) is 14.0. The third-order valence-electron chi connectivity index (χ3n) is 6.01. The Kier molecular flexibility index (Phi) is 2.54. The van der Waals surface area contributed by atoms with Crippen molar-refractivity contribution >= 4 is 0 Å². The summed E-state index contributed by atoms with van der Waals surface area (Å²) in [5.74, 6) is 0. The van der Waals surface area contributed by atoms with Crippen LogP contribution in [-0.4, -0.2) is 0 Å². The molecule has 3 aromatic rings. The molecule has 2 aromatic carbocycles. The van der Waals surface area contributed by atoms with Crippen LogP contribution in [0.3, 0.4) is 0 Å². The van der Waals surface area contributed by atoms with Gasteiger partial charge >= 0.3 is 0 Å². The molecule has 0 bridgehead atoms. The monoisotopic (exact) mass is 312 g/mol. The van der Waals surface area contributed by atoms with Crippen LogP contribution in [0.2, 0.25) is 0 Å². The molecule has 0 N–H and O–H groups in total. The summed E-state index contributed by atoms with van der Waals surface area (Å²) >= 11 is 0. The summed E-state index contributed by atoms with van der Waals surface area (Å²) in [7, 11) is 2.19. The van der Waals surface area contributed by atoms with Gasteiger partial charge in [0, 0.05) is 16.5 Å². The fraction of sp³-hybridized carbons (Fsp3) is 0.261. The van der Waals surface area contributed by atoms with Gasteiger partial charge in [-0.15, -0.1) is 0 Å². The SMILES string of the molecule is Cc1cc2c([n+](C)c1)-c1c(C)ccc3c1C(C)(C2)c1ccccc1-3. The van der Waals surface area contributed by atoms with Crippen molar-refractivity contribution in [1.82, 2.24) is 0 Å². The summed E-state index contributed by atoms with van der Waals surface area (Å²) in [5, 5.41) is 0. The fourth-order valence-electron chi connectivity index (χ4n) is 5.16. The molecule has 1 nitrogen and oxygen atoms in total. The van der Waals surface area contributed by atoms with Crippen LogP contribution in [0, 0.1) is 13.8 Å². The standard InChI is InChI=1S/C23H22N/c1-14-11-16-12-23(3)19-8-6-5-7-17(19)18-10-9-15(2)20(21(18)23)22(16)24(4)13-14/h5-11,13H,12H2,1-4H3/q+1. The number of fused-ring (bicyclic) bond motifs is 5. The summed E-state index contributed by atoms with van der Waals surface area (Å²) < 4.78 is 2.33. The number of benzene rings is 2. The zero-order chi connectivity index (χ0) is 16.6. The Labute approximate surface area is 143 Å². The van der Waals surface area contributed by atoms with Crippen molar-refractivity contribution in [1.29, 1.82) is 0 Å². The molecule has 5 rings (SSSR count). The number of hydrogen-bond donors (Lipinski definition) is 0. The van der Waals surface area contributed by atoms with Crippen LogP contribution in [0.1, 0.15) is 34.7 Å². The largest absolute Gasteiger partial charge is 0.216 e. The molecule has 2 aliphatic rings. The highest BCUT2D eigenvalue weighted by Crippen LogP contribution is 2.57. The number of hydrogen-bond acceptors (Lipinski definition) is 0. The molecule has 118 valence electrons. The minimum Gasteiger partial charge on any atom is -0.201 e. The summed E-state index contributed by atoms with van der Waals surface area (Å²) in [6.07, 6.45) is 3.33. The lowest BCUT2D eigenvalue weighted by Gasteiger charge is -2.34. The first-order valence-corrected chi connectivity index (χ1v) is 8.74. The van der Waals surface area contributed by atoms with Crippen LogP contribution in [0.15, 0.2) is 48.7 Å². The topological polar surface area (TPSA) is 3.88 Å². The molecule has 1 aromatic heterocycles. The lowest BCUT2D eigenvalue weighted by atomic mass is 9.68. The Morgan fingerprint density at radius 1 is 1.00 bits per heavy atom. The quantitative estimate of drug-likeness (QED) is 0.533. The molecule has 0 radical (unpaired) electrons. The highest BCUT2D eigenvalue weighted by atomic mass is 14.9. The molecule has 1 heterocycles. The molecule has 24 heavy (non-hydrogen) atoms. The third-order valence-corrected chi connectivity index (χ3v) is 6.01. The van der Waals surface area contributed by atoms with Gasteiger partial charge in [0.1, 0.15) is 7.05 Å². The zero-order valence-electron chi connectivity index (χ0n) is 14.8. The lowest BCUT2D eigenvalue weighted by Crippen LogP contribution is -2.38. The first-order valence-electron chi connectivity index (χ1n) is 8.74. The van der Waals surface area contributed by atoms with Crippen molar-refractivity contribution in [2.45, 2.75) is 32.6 Å². The smallest absolute Gasteiger partial charge is 0.201 e. The predicted octanol–water partition coefficient (Wildman–Crippen LogP) is 4.64. The molecule has 0 fully saturated rings. The van der Waals surface area contributed by atoms with Gasteiger partial charge in [0.2, 0.25) is 5.69 Å². The van der Waals surface area contributed by atoms with Crippen LogP contribution in [0.4, 0.5) is 0 Å². The average molecular weight is 312 g/mol. The molecule has 1 atom stereocenters. The first-order chi connectivity index (χ1) is 11.5. The van der Waals surface area contributed by atoms with Crippen LogP contribution in [0.5, 0.6) is 0 Å². The molecule has 0 saturated carbocycles. The Hall–Kier alpha value is -2.41. The zero-order valence-corrected chi connectivity index (χ0v) is 14.8. The van der Waals surface area contributed by atoms with E-state index in [2.05, 4.69) is 81.0 Å². The molecule has 2 aliphatic carbocycles. The minimum atomic E-state index is 0.0844. The van der Waals surface area contributed by atoms with Gasteiger partial charge in [0.25, 0.3) is 0 Å². The van der Waals surface area contributed by atoms with Gasteiger partial charge in [-0.2, -0.15) is 0 Å². The second-order valence-corrected chi connectivity index (χ2v) is 7.74. The van der Waals surface area contributed by atoms with Gasteiger partial charge < -0.3 is 0 Å². The normalized spacial score (nSPS) is 19.7. The van der Waals surface area contributed by atoms with Crippen LogP contribution in [0.25, 0.3) is 22.4 Å². The van der Waals surface area contributed by atoms with E-state index >= 15 is 0 Å². The highest BCUT2D eigenvalue weighted by molar-refractivity contribution is 5.90. The van der Waals surface area contributed by atoms with Crippen molar-refractivity contribution in [3.8, 4) is 22.4 Å². The Morgan fingerprint density at radius 2 is 1.79 bits per heavy atom. The van der Waals surface area contributed by atoms with E-state index in [9.17, 15) is 0 Å². The predicted molar refractivity (Wildman–Crippen MR) is 98.1 cm³/mol. The van der Waals surface area contributed by atoms with Gasteiger partial charge in [0.15, 0.2) is 6.20 Å². The average Bonchev–Trinajstić information content (AvgIpc) is 2.79. The van der Waals surface area contributed by atoms with E-state index in [4.69, 9.17) is 0 Å². The minimum absolute atomic E-state index is 0.0844. The molecular weight excluding hydrogens is 290 g/mol. The van der Waals surface area contributed by atoms with E-state index < -0.39 is 0 Å². The van der Waals surface area contributed by atoms with E-state index in [1.807, 2.05) is 0 Å². The molecule has 1 unspecified atom stereocenters. The van der Waals surface area contributed by atoms with Crippen LogP contribution < -0.4 is 4.57 Å². The van der Waals surface area contributed by atoms with Gasteiger partial charge in [-0.1, -0.05) is 43.3 Å². The Morgan fingerprint density at radius 3 is 2.62 bits per heavy atom. The summed E-state index contributed by atoms with van der Waals surface area (Å²) in [6.45, 7) is 6.89. The van der Waals surface area contributed by atoms with Crippen molar-refractivity contribution in [3.63, 3.8) is 0 Å². The maximum Gasteiger partial charge on any atom is 0.216 e. The molecular formula is C23H22N+. The van der Waals surface area contributed by atoms with Gasteiger partial charge in [-0.05, 0) is 54.2 Å². The molecule has 0 saturated heterocycles. The van der Waals surface area contributed by atoms with E-state index in [1.54, 1.807) is 0 Å². The second kappa shape index (κ2) is 4.36. The van der Waals surface area contributed by atoms with Gasteiger partial charge in [-0.25, -0.2) is 4.57 Å². The van der Waals surface area contributed by atoms with Gasteiger partial charge in [0.05, 0.1) is 5.56 Å². The van der Waals surface area contributed by atoms with E-state index in [0.29, 0.717) is 0 Å². The van der Waals surface area contributed by atoms with Crippen LogP contribution in [-0.2, 0) is 18.9 Å². The van der Waals surface area contributed by atoms with E-state index in [0.717, 1.165) is 6.42 Å². The Bertz CT molecular complexity index is 1030. The molecule has 0 aliphatic heterocycles. The maximum absolute atomic E-state index is 2.44. The number of pyridine rings is 1. The van der Waals surface area contributed by atoms with E-state index in [-0.39, 0.29) is 5.41 Å². The van der Waals surface area contributed by atoms with E-state index in [1.165, 1.54) is 50.2 Å². The number of aryl methyl sites for hydroxylation is 3. The number of aromatic nitrogens is 1. The van der Waals surface area contributed by atoms with Crippen molar-refractivity contribution in [3.05, 3.63) is 76.5 Å². The maximum atomic E-state index is 2.44. The summed E-state index contributed by atoms with van der Waals surface area (Å²) in [6, 6.07) is 16.0. The molecule has 0 spiro atoms. The number of nitrogens with zero attached hydrogens (tertiary/aromatic N) is 1. The Balaban J connectivity index is 1.98. The lowest BCUT2D eigenvalue weighted by molar-refractivity contribution is -0.661. The third kappa shape index (κ3) is 1.53. The van der Waals surface area contributed by atoms with Crippen molar-refractivity contribution in [2.75, 3.05) is 0 Å². The van der Waals surface area contributed by atoms with Crippen molar-refractivity contribution in [2.24, 2.45) is 7.05 Å². The van der Waals surface area contributed by atoms with Gasteiger partial charge in [-0.3, -0.25) is 0 Å².